The van der Waals surface area contributed by atoms with Crippen molar-refractivity contribution >= 4 is 5.69 Å². The van der Waals surface area contributed by atoms with E-state index in [1.165, 1.54) is 19.3 Å². The number of anilines is 1. The van der Waals surface area contributed by atoms with Crippen molar-refractivity contribution in [3.63, 3.8) is 0 Å². The quantitative estimate of drug-likeness (QED) is 0.886. The molecule has 0 amide bonds. The largest absolute Gasteiger partial charge is 0.371 e. The van der Waals surface area contributed by atoms with Crippen LogP contribution in [-0.4, -0.2) is 20.1 Å². The smallest absolute Gasteiger partial charge is 0.130 e. The summed E-state index contributed by atoms with van der Waals surface area (Å²) >= 11 is 0. The predicted molar refractivity (Wildman–Crippen MR) is 88.3 cm³/mol. The number of hydrogen-bond donors (Lipinski definition) is 1. The van der Waals surface area contributed by atoms with Gasteiger partial charge in [-0.05, 0) is 57.2 Å². The average molecular weight is 292 g/mol. The van der Waals surface area contributed by atoms with Gasteiger partial charge in [0.05, 0.1) is 0 Å². The van der Waals surface area contributed by atoms with Gasteiger partial charge in [0.2, 0.25) is 0 Å². The van der Waals surface area contributed by atoms with Crippen molar-refractivity contribution < 1.29 is 4.39 Å². The van der Waals surface area contributed by atoms with Crippen LogP contribution in [0.5, 0.6) is 0 Å². The van der Waals surface area contributed by atoms with Crippen LogP contribution in [0.4, 0.5) is 10.1 Å². The fraction of sp³-hybridized carbons (Fsp3) is 0.667. The topological polar surface area (TPSA) is 15.3 Å². The molecule has 1 aliphatic rings. The molecule has 2 unspecified atom stereocenters. The Morgan fingerprint density at radius 2 is 1.95 bits per heavy atom. The van der Waals surface area contributed by atoms with Crippen LogP contribution in [0.2, 0.25) is 0 Å². The van der Waals surface area contributed by atoms with Crippen molar-refractivity contribution in [2.75, 3.05) is 25.0 Å². The molecule has 0 bridgehead atoms. The van der Waals surface area contributed by atoms with Crippen LogP contribution in [0.25, 0.3) is 0 Å². The lowest BCUT2D eigenvalue weighted by Gasteiger charge is -2.28. The molecule has 0 saturated carbocycles. The van der Waals surface area contributed by atoms with Gasteiger partial charge in [0.25, 0.3) is 0 Å². The van der Waals surface area contributed by atoms with Gasteiger partial charge in [-0.1, -0.05) is 19.9 Å². The third kappa shape index (κ3) is 3.76. The molecule has 1 N–H and O–H groups in total. The number of hydrogen-bond acceptors (Lipinski definition) is 2. The minimum atomic E-state index is -0.0981. The lowest BCUT2D eigenvalue weighted by Crippen LogP contribution is -2.28. The highest BCUT2D eigenvalue weighted by molar-refractivity contribution is 5.55. The van der Waals surface area contributed by atoms with Gasteiger partial charge in [0, 0.05) is 30.4 Å². The Kier molecular flexibility index (Phi) is 5.63. The highest BCUT2D eigenvalue weighted by Gasteiger charge is 2.23. The maximum Gasteiger partial charge on any atom is 0.130 e. The molecule has 1 aromatic rings. The molecule has 1 fully saturated rings. The van der Waals surface area contributed by atoms with Crippen LogP contribution in [0.1, 0.15) is 51.6 Å². The molecule has 2 nitrogen and oxygen atoms in total. The number of nitrogens with one attached hydrogen (secondary N) is 1. The predicted octanol–water partition coefficient (Wildman–Crippen LogP) is 4.37. The Morgan fingerprint density at radius 1 is 1.19 bits per heavy atom. The second kappa shape index (κ2) is 7.26. The standard InChI is InChI=1S/C18H29FN2/c1-13(2)15-7-6-11-21(12-10-15)17-9-5-8-16(19)18(17)14(3)20-4/h5,8-9,13-15,20H,6-7,10-12H2,1-4H3. The van der Waals surface area contributed by atoms with E-state index >= 15 is 0 Å². The van der Waals surface area contributed by atoms with Crippen LogP contribution in [0.15, 0.2) is 18.2 Å². The van der Waals surface area contributed by atoms with Crippen LogP contribution < -0.4 is 10.2 Å². The van der Waals surface area contributed by atoms with E-state index in [0.717, 1.165) is 36.2 Å². The van der Waals surface area contributed by atoms with Crippen molar-refractivity contribution in [3.05, 3.63) is 29.6 Å². The van der Waals surface area contributed by atoms with Gasteiger partial charge in [-0.25, -0.2) is 4.39 Å². The second-order valence-electron chi connectivity index (χ2n) is 6.61. The average Bonchev–Trinajstić information content (AvgIpc) is 2.72. The molecule has 1 aliphatic heterocycles. The molecule has 1 heterocycles. The minimum Gasteiger partial charge on any atom is -0.371 e. The summed E-state index contributed by atoms with van der Waals surface area (Å²) in [5.74, 6) is 1.45. The van der Waals surface area contributed by atoms with Gasteiger partial charge in [-0.3, -0.25) is 0 Å². The van der Waals surface area contributed by atoms with Crippen LogP contribution in [-0.2, 0) is 0 Å². The summed E-state index contributed by atoms with van der Waals surface area (Å²) in [5, 5.41) is 3.18. The fourth-order valence-electron chi connectivity index (χ4n) is 3.40. The van der Waals surface area contributed by atoms with Gasteiger partial charge >= 0.3 is 0 Å². The molecule has 118 valence electrons. The van der Waals surface area contributed by atoms with E-state index in [4.69, 9.17) is 0 Å². The number of benzene rings is 1. The minimum absolute atomic E-state index is 0.0327. The summed E-state index contributed by atoms with van der Waals surface area (Å²) in [6, 6.07) is 5.51. The third-order valence-electron chi connectivity index (χ3n) is 4.95. The van der Waals surface area contributed by atoms with Crippen molar-refractivity contribution in [1.82, 2.24) is 5.32 Å². The molecule has 2 atom stereocenters. The normalized spacial score (nSPS) is 21.4. The van der Waals surface area contributed by atoms with E-state index in [1.54, 1.807) is 6.07 Å². The zero-order valence-electron chi connectivity index (χ0n) is 13.8. The molecule has 3 heteroatoms. The zero-order chi connectivity index (χ0) is 15.4. The molecule has 0 radical (unpaired) electrons. The second-order valence-corrected chi connectivity index (χ2v) is 6.61. The van der Waals surface area contributed by atoms with Gasteiger partial charge in [0.15, 0.2) is 0 Å². The van der Waals surface area contributed by atoms with E-state index in [2.05, 4.69) is 30.1 Å². The van der Waals surface area contributed by atoms with Gasteiger partial charge in [0.1, 0.15) is 5.82 Å². The maximum absolute atomic E-state index is 14.3. The van der Waals surface area contributed by atoms with Crippen LogP contribution in [0.3, 0.4) is 0 Å². The number of nitrogens with zero attached hydrogens (tertiary/aromatic N) is 1. The molecule has 21 heavy (non-hydrogen) atoms. The van der Waals surface area contributed by atoms with Crippen molar-refractivity contribution in [3.8, 4) is 0 Å². The monoisotopic (exact) mass is 292 g/mol. The zero-order valence-corrected chi connectivity index (χ0v) is 13.8. The van der Waals surface area contributed by atoms with Crippen LogP contribution >= 0.6 is 0 Å². The molecule has 0 spiro atoms. The van der Waals surface area contributed by atoms with Gasteiger partial charge in [-0.2, -0.15) is 0 Å². The Bertz CT molecular complexity index is 459. The van der Waals surface area contributed by atoms with Crippen molar-refractivity contribution in [1.29, 1.82) is 0 Å². The summed E-state index contributed by atoms with van der Waals surface area (Å²) in [7, 11) is 1.89. The molecular weight excluding hydrogens is 263 g/mol. The Hall–Kier alpha value is -1.09. The molecule has 0 aliphatic carbocycles. The molecule has 0 aromatic heterocycles. The summed E-state index contributed by atoms with van der Waals surface area (Å²) in [5.41, 5.74) is 1.88. The van der Waals surface area contributed by atoms with E-state index in [-0.39, 0.29) is 11.9 Å². The van der Waals surface area contributed by atoms with E-state index in [0.29, 0.717) is 0 Å². The van der Waals surface area contributed by atoms with E-state index in [1.807, 2.05) is 20.0 Å². The summed E-state index contributed by atoms with van der Waals surface area (Å²) in [6.45, 7) is 8.73. The number of rotatable bonds is 4. The Balaban J connectivity index is 2.23. The summed E-state index contributed by atoms with van der Waals surface area (Å²) < 4.78 is 14.3. The van der Waals surface area contributed by atoms with E-state index in [9.17, 15) is 4.39 Å². The lowest BCUT2D eigenvalue weighted by atomic mass is 9.89. The number of halogens is 1. The SMILES string of the molecule is CNC(C)c1c(F)cccc1N1CCCC(C(C)C)CC1. The molecular formula is C18H29FN2. The maximum atomic E-state index is 14.3. The molecule has 2 rings (SSSR count). The highest BCUT2D eigenvalue weighted by atomic mass is 19.1. The first-order valence-electron chi connectivity index (χ1n) is 8.25. The molecule has 1 saturated heterocycles. The van der Waals surface area contributed by atoms with Crippen molar-refractivity contribution in [2.24, 2.45) is 11.8 Å². The van der Waals surface area contributed by atoms with Crippen molar-refractivity contribution in [2.45, 2.75) is 46.1 Å². The van der Waals surface area contributed by atoms with Gasteiger partial charge in [-0.15, -0.1) is 0 Å². The van der Waals surface area contributed by atoms with Crippen LogP contribution in [0, 0.1) is 17.7 Å². The summed E-state index contributed by atoms with van der Waals surface area (Å²) in [6.07, 6.45) is 3.70. The van der Waals surface area contributed by atoms with Gasteiger partial charge < -0.3 is 10.2 Å². The first-order chi connectivity index (χ1) is 10.0. The molecule has 1 aromatic carbocycles. The first-order valence-corrected chi connectivity index (χ1v) is 8.25. The lowest BCUT2D eigenvalue weighted by molar-refractivity contribution is 0.351. The first kappa shape index (κ1) is 16.3. The summed E-state index contributed by atoms with van der Waals surface area (Å²) in [4.78, 5) is 2.38. The Labute approximate surface area is 128 Å². The Morgan fingerprint density at radius 3 is 2.62 bits per heavy atom. The third-order valence-corrected chi connectivity index (χ3v) is 4.95. The fourth-order valence-corrected chi connectivity index (χ4v) is 3.40. The highest BCUT2D eigenvalue weighted by Crippen LogP contribution is 2.32. The van der Waals surface area contributed by atoms with E-state index < -0.39 is 0 Å².